The van der Waals surface area contributed by atoms with E-state index in [9.17, 15) is 4.79 Å². The molecule has 0 aliphatic carbocycles. The monoisotopic (exact) mass is 239 g/mol. The van der Waals surface area contributed by atoms with Crippen molar-refractivity contribution >= 4 is 5.91 Å². The molecule has 0 aliphatic heterocycles. The van der Waals surface area contributed by atoms with E-state index < -0.39 is 5.91 Å². The fourth-order valence-corrected chi connectivity index (χ4v) is 1.20. The second-order valence-electron chi connectivity index (χ2n) is 3.24. The minimum absolute atomic E-state index is 0.276. The van der Waals surface area contributed by atoms with Gasteiger partial charge in [0.1, 0.15) is 5.69 Å². The molecule has 17 heavy (non-hydrogen) atoms. The zero-order chi connectivity index (χ0) is 12.5. The summed E-state index contributed by atoms with van der Waals surface area (Å²) in [6, 6.07) is 5.11. The number of hydrazine groups is 1. The molecule has 3 N–H and O–H groups in total. The Kier molecular flexibility index (Phi) is 6.16. The number of ether oxygens (including phenoxy) is 2. The van der Waals surface area contributed by atoms with Gasteiger partial charge in [-0.3, -0.25) is 10.2 Å². The van der Waals surface area contributed by atoms with Crippen LogP contribution in [0.4, 0.5) is 0 Å². The standard InChI is InChI=1S/C11H17N3O3/c1-2-16-6-7-17-8-9-4-3-5-10(13-9)11(15)14-12/h3-5H,2,6-8,12H2,1H3,(H,14,15). The first-order valence-corrected chi connectivity index (χ1v) is 5.40. The summed E-state index contributed by atoms with van der Waals surface area (Å²) >= 11 is 0. The molecule has 1 aromatic rings. The Balaban J connectivity index is 2.40. The predicted octanol–water partition coefficient (Wildman–Crippen LogP) is 0.238. The molecule has 0 aromatic carbocycles. The Morgan fingerprint density at radius 3 is 2.88 bits per heavy atom. The van der Waals surface area contributed by atoms with Crippen molar-refractivity contribution in [2.75, 3.05) is 19.8 Å². The number of nitrogens with zero attached hydrogens (tertiary/aromatic N) is 1. The van der Waals surface area contributed by atoms with Crippen LogP contribution in [0.1, 0.15) is 23.1 Å². The summed E-state index contributed by atoms with van der Waals surface area (Å²) < 4.78 is 10.5. The summed E-state index contributed by atoms with van der Waals surface area (Å²) in [6.07, 6.45) is 0. The van der Waals surface area contributed by atoms with Gasteiger partial charge >= 0.3 is 0 Å². The molecule has 6 heteroatoms. The molecular weight excluding hydrogens is 222 g/mol. The zero-order valence-corrected chi connectivity index (χ0v) is 9.81. The second-order valence-corrected chi connectivity index (χ2v) is 3.24. The molecule has 0 saturated carbocycles. The summed E-state index contributed by atoms with van der Waals surface area (Å²) in [4.78, 5) is 15.3. The van der Waals surface area contributed by atoms with Crippen molar-refractivity contribution in [3.05, 3.63) is 29.6 Å². The first-order chi connectivity index (χ1) is 8.27. The normalized spacial score (nSPS) is 10.2. The molecule has 0 spiro atoms. The lowest BCUT2D eigenvalue weighted by atomic mass is 10.3. The topological polar surface area (TPSA) is 86.5 Å². The summed E-state index contributed by atoms with van der Waals surface area (Å²) in [5.41, 5.74) is 2.99. The molecule has 0 unspecified atom stereocenters. The summed E-state index contributed by atoms with van der Waals surface area (Å²) in [7, 11) is 0. The highest BCUT2D eigenvalue weighted by Gasteiger charge is 2.05. The number of carbonyl (C=O) groups is 1. The zero-order valence-electron chi connectivity index (χ0n) is 9.81. The quantitative estimate of drug-likeness (QED) is 0.308. The van der Waals surface area contributed by atoms with Gasteiger partial charge in [0.05, 0.1) is 25.5 Å². The maximum Gasteiger partial charge on any atom is 0.283 e. The van der Waals surface area contributed by atoms with E-state index in [2.05, 4.69) is 4.98 Å². The maximum absolute atomic E-state index is 11.2. The number of pyridine rings is 1. The third-order valence-electron chi connectivity index (χ3n) is 2.00. The van der Waals surface area contributed by atoms with Gasteiger partial charge in [0.25, 0.3) is 5.91 Å². The Bertz CT molecular complexity index is 358. The highest BCUT2D eigenvalue weighted by Crippen LogP contribution is 2.01. The lowest BCUT2D eigenvalue weighted by Gasteiger charge is -2.05. The highest BCUT2D eigenvalue weighted by molar-refractivity contribution is 5.91. The molecule has 0 aliphatic rings. The summed E-state index contributed by atoms with van der Waals surface area (Å²) in [6.45, 7) is 4.01. The van der Waals surface area contributed by atoms with Gasteiger partial charge < -0.3 is 9.47 Å². The number of rotatable bonds is 7. The number of carbonyl (C=O) groups excluding carboxylic acids is 1. The Morgan fingerprint density at radius 2 is 2.18 bits per heavy atom. The third-order valence-corrected chi connectivity index (χ3v) is 2.00. The Hall–Kier alpha value is -1.50. The molecule has 94 valence electrons. The van der Waals surface area contributed by atoms with Gasteiger partial charge in [-0.05, 0) is 19.1 Å². The largest absolute Gasteiger partial charge is 0.379 e. The van der Waals surface area contributed by atoms with Crippen LogP contribution in [0.5, 0.6) is 0 Å². The van der Waals surface area contributed by atoms with Crippen molar-refractivity contribution in [3.63, 3.8) is 0 Å². The van der Waals surface area contributed by atoms with Crippen LogP contribution in [0.15, 0.2) is 18.2 Å². The minimum Gasteiger partial charge on any atom is -0.379 e. The molecule has 0 fully saturated rings. The van der Waals surface area contributed by atoms with Crippen molar-refractivity contribution < 1.29 is 14.3 Å². The van der Waals surface area contributed by atoms with Crippen molar-refractivity contribution in [2.45, 2.75) is 13.5 Å². The fourth-order valence-electron chi connectivity index (χ4n) is 1.20. The van der Waals surface area contributed by atoms with Gasteiger partial charge in [-0.25, -0.2) is 10.8 Å². The average molecular weight is 239 g/mol. The number of hydrogen-bond acceptors (Lipinski definition) is 5. The fraction of sp³-hybridized carbons (Fsp3) is 0.455. The smallest absolute Gasteiger partial charge is 0.283 e. The number of nitrogens with one attached hydrogen (secondary N) is 1. The number of nitrogens with two attached hydrogens (primary N) is 1. The van der Waals surface area contributed by atoms with E-state index in [1.165, 1.54) is 0 Å². The molecular formula is C11H17N3O3. The van der Waals surface area contributed by atoms with E-state index in [1.54, 1.807) is 18.2 Å². The van der Waals surface area contributed by atoms with Gasteiger partial charge in [-0.2, -0.15) is 0 Å². The van der Waals surface area contributed by atoms with E-state index in [0.717, 1.165) is 0 Å². The van der Waals surface area contributed by atoms with E-state index in [-0.39, 0.29) is 5.69 Å². The SMILES string of the molecule is CCOCCOCc1cccc(C(=O)NN)n1. The molecule has 0 atom stereocenters. The lowest BCUT2D eigenvalue weighted by molar-refractivity contribution is 0.0440. The van der Waals surface area contributed by atoms with Crippen LogP contribution >= 0.6 is 0 Å². The molecule has 1 rings (SSSR count). The molecule has 1 heterocycles. The van der Waals surface area contributed by atoms with Gasteiger partial charge in [-0.15, -0.1) is 0 Å². The van der Waals surface area contributed by atoms with Gasteiger partial charge in [-0.1, -0.05) is 6.07 Å². The van der Waals surface area contributed by atoms with E-state index in [0.29, 0.717) is 32.1 Å². The van der Waals surface area contributed by atoms with Crippen LogP contribution in [-0.4, -0.2) is 30.7 Å². The maximum atomic E-state index is 11.2. The molecule has 0 bridgehead atoms. The number of nitrogen functional groups attached to an aromatic ring is 1. The molecule has 1 aromatic heterocycles. The third kappa shape index (κ3) is 4.90. The Labute approximate surface area is 100 Å². The van der Waals surface area contributed by atoms with Crippen LogP contribution in [0.2, 0.25) is 0 Å². The van der Waals surface area contributed by atoms with Crippen LogP contribution in [0, 0.1) is 0 Å². The molecule has 0 saturated heterocycles. The summed E-state index contributed by atoms with van der Waals surface area (Å²) in [5.74, 6) is 4.61. The molecule has 1 amide bonds. The molecule has 6 nitrogen and oxygen atoms in total. The predicted molar refractivity (Wildman–Crippen MR) is 62.0 cm³/mol. The van der Waals surface area contributed by atoms with Crippen molar-refractivity contribution in [2.24, 2.45) is 5.84 Å². The minimum atomic E-state index is -0.416. The van der Waals surface area contributed by atoms with Crippen LogP contribution in [0.25, 0.3) is 0 Å². The summed E-state index contributed by atoms with van der Waals surface area (Å²) in [5, 5.41) is 0. The van der Waals surface area contributed by atoms with Gasteiger partial charge in [0, 0.05) is 6.61 Å². The van der Waals surface area contributed by atoms with E-state index >= 15 is 0 Å². The Morgan fingerprint density at radius 1 is 1.41 bits per heavy atom. The first-order valence-electron chi connectivity index (χ1n) is 5.40. The van der Waals surface area contributed by atoms with Crippen molar-refractivity contribution in [1.29, 1.82) is 0 Å². The van der Waals surface area contributed by atoms with Crippen molar-refractivity contribution in [3.8, 4) is 0 Å². The number of amides is 1. The number of aromatic nitrogens is 1. The first kappa shape index (κ1) is 13.6. The van der Waals surface area contributed by atoms with Gasteiger partial charge in [0.15, 0.2) is 0 Å². The van der Waals surface area contributed by atoms with E-state index in [1.807, 2.05) is 12.3 Å². The average Bonchev–Trinajstić information content (AvgIpc) is 2.38. The van der Waals surface area contributed by atoms with Crippen LogP contribution in [0.3, 0.4) is 0 Å². The lowest BCUT2D eigenvalue weighted by Crippen LogP contribution is -2.30. The van der Waals surface area contributed by atoms with Crippen LogP contribution in [-0.2, 0) is 16.1 Å². The van der Waals surface area contributed by atoms with Gasteiger partial charge in [0.2, 0.25) is 0 Å². The van der Waals surface area contributed by atoms with Crippen LogP contribution < -0.4 is 11.3 Å². The van der Waals surface area contributed by atoms with E-state index in [4.69, 9.17) is 15.3 Å². The van der Waals surface area contributed by atoms with Crippen molar-refractivity contribution in [1.82, 2.24) is 10.4 Å². The highest BCUT2D eigenvalue weighted by atomic mass is 16.5. The number of hydrogen-bond donors (Lipinski definition) is 2. The molecule has 0 radical (unpaired) electrons. The second kappa shape index (κ2) is 7.72.